The summed E-state index contributed by atoms with van der Waals surface area (Å²) < 4.78 is 33.1. The van der Waals surface area contributed by atoms with Crippen molar-refractivity contribution in [2.75, 3.05) is 0 Å². The molecule has 0 heterocycles. The van der Waals surface area contributed by atoms with Crippen LogP contribution >= 0.6 is 0 Å². The van der Waals surface area contributed by atoms with Crippen LogP contribution in [0.2, 0.25) is 0 Å². The topological polar surface area (TPSA) is 60.2 Å². The minimum atomic E-state index is -5.13. The molecule has 0 saturated carbocycles. The van der Waals surface area contributed by atoms with Crippen LogP contribution in [-0.2, 0) is 9.59 Å². The van der Waals surface area contributed by atoms with Crippen LogP contribution in [0.25, 0.3) is 0 Å². The number of hydrogen-bond donors (Lipinski definition) is 1. The molecule has 0 rings (SSSR count). The van der Waals surface area contributed by atoms with Crippen molar-refractivity contribution >= 4 is 11.7 Å². The molecule has 0 fully saturated rings. The van der Waals surface area contributed by atoms with E-state index in [1.165, 1.54) is 0 Å². The summed E-state index contributed by atoms with van der Waals surface area (Å²) in [7, 11) is 0. The quantitative estimate of drug-likeness (QED) is 0.505. The van der Waals surface area contributed by atoms with Crippen LogP contribution in [0.5, 0.6) is 0 Å². The summed E-state index contributed by atoms with van der Waals surface area (Å²) in [4.78, 5) is 19.1. The van der Waals surface area contributed by atoms with Gasteiger partial charge in [0.25, 0.3) is 5.91 Å². The molecule has 0 aliphatic carbocycles. The molecule has 9 heavy (non-hydrogen) atoms. The van der Waals surface area contributed by atoms with E-state index in [1.54, 1.807) is 0 Å². The van der Waals surface area contributed by atoms with Gasteiger partial charge >= 0.3 is 12.0 Å². The molecule has 52 valence electrons. The summed E-state index contributed by atoms with van der Waals surface area (Å²) in [6.07, 6.45) is -5.13. The first-order valence-electron chi connectivity index (χ1n) is 1.76. The number of amides is 1. The van der Waals surface area contributed by atoms with Gasteiger partial charge in [-0.3, -0.25) is 9.59 Å². The Bertz CT molecular complexity index is 150. The average Bonchev–Trinajstić information content (AvgIpc) is 1.62. The second kappa shape index (κ2) is 2.04. The van der Waals surface area contributed by atoms with Crippen molar-refractivity contribution < 1.29 is 22.8 Å². The molecule has 0 aromatic heterocycles. The lowest BCUT2D eigenvalue weighted by Crippen LogP contribution is -2.35. The monoisotopic (exact) mass is 141 g/mol. The van der Waals surface area contributed by atoms with Crippen LogP contribution in [0.1, 0.15) is 0 Å². The van der Waals surface area contributed by atoms with Crippen molar-refractivity contribution in [2.45, 2.75) is 6.18 Å². The van der Waals surface area contributed by atoms with E-state index in [9.17, 15) is 22.8 Å². The third-order valence-electron chi connectivity index (χ3n) is 0.481. The molecule has 0 bridgehead atoms. The third-order valence-corrected chi connectivity index (χ3v) is 0.481. The fraction of sp³-hybridized carbons (Fsp3) is 0.333. The van der Waals surface area contributed by atoms with Gasteiger partial charge in [0.1, 0.15) is 0 Å². The van der Waals surface area contributed by atoms with Crippen LogP contribution < -0.4 is 5.73 Å². The molecule has 0 saturated heterocycles. The number of carbonyl (C=O) groups is 2. The molecular formula is C3H2F3NO2. The van der Waals surface area contributed by atoms with E-state index in [0.29, 0.717) is 0 Å². The second-order valence-corrected chi connectivity index (χ2v) is 1.19. The predicted octanol–water partition coefficient (Wildman–Crippen LogP) is -0.397. The number of rotatable bonds is 1. The molecule has 1 amide bonds. The zero-order chi connectivity index (χ0) is 7.65. The molecule has 0 spiro atoms. The van der Waals surface area contributed by atoms with Gasteiger partial charge in [0.15, 0.2) is 0 Å². The lowest BCUT2D eigenvalue weighted by molar-refractivity contribution is -0.174. The van der Waals surface area contributed by atoms with Gasteiger partial charge in [-0.15, -0.1) is 0 Å². The van der Waals surface area contributed by atoms with Gasteiger partial charge in [0.05, 0.1) is 0 Å². The molecule has 0 atom stereocenters. The Morgan fingerprint density at radius 1 is 1.22 bits per heavy atom. The summed E-state index contributed by atoms with van der Waals surface area (Å²) >= 11 is 0. The van der Waals surface area contributed by atoms with E-state index in [1.807, 2.05) is 0 Å². The highest BCUT2D eigenvalue weighted by molar-refractivity contribution is 6.37. The van der Waals surface area contributed by atoms with Crippen LogP contribution in [0, 0.1) is 0 Å². The largest absolute Gasteiger partial charge is 0.460 e. The summed E-state index contributed by atoms with van der Waals surface area (Å²) in [5.74, 6) is -4.51. The fourth-order valence-electron chi connectivity index (χ4n) is 0.140. The number of primary amides is 1. The first-order valence-corrected chi connectivity index (χ1v) is 1.76. The zero-order valence-electron chi connectivity index (χ0n) is 4.03. The van der Waals surface area contributed by atoms with E-state index < -0.39 is 17.9 Å². The van der Waals surface area contributed by atoms with E-state index in [0.717, 1.165) is 0 Å². The Kier molecular flexibility index (Phi) is 1.80. The highest BCUT2D eigenvalue weighted by Crippen LogP contribution is 2.14. The molecule has 0 aliphatic rings. The van der Waals surface area contributed by atoms with Gasteiger partial charge in [-0.25, -0.2) is 0 Å². The van der Waals surface area contributed by atoms with Gasteiger partial charge in [0.2, 0.25) is 0 Å². The van der Waals surface area contributed by atoms with Gasteiger partial charge in [-0.1, -0.05) is 0 Å². The highest BCUT2D eigenvalue weighted by atomic mass is 19.4. The molecule has 0 aromatic rings. The Morgan fingerprint density at radius 2 is 1.56 bits per heavy atom. The highest BCUT2D eigenvalue weighted by Gasteiger charge is 2.42. The van der Waals surface area contributed by atoms with Crippen LogP contribution in [0.3, 0.4) is 0 Å². The van der Waals surface area contributed by atoms with Crippen LogP contribution in [0.4, 0.5) is 13.2 Å². The maximum Gasteiger partial charge on any atom is 0.460 e. The summed E-state index contributed by atoms with van der Waals surface area (Å²) in [6.45, 7) is 0. The van der Waals surface area contributed by atoms with Gasteiger partial charge in [-0.05, 0) is 0 Å². The van der Waals surface area contributed by atoms with Gasteiger partial charge < -0.3 is 5.73 Å². The number of ketones is 1. The van der Waals surface area contributed by atoms with Crippen molar-refractivity contribution in [1.29, 1.82) is 0 Å². The fourth-order valence-corrected chi connectivity index (χ4v) is 0.140. The SMILES string of the molecule is NC(=O)C(=O)C(F)(F)F. The zero-order valence-corrected chi connectivity index (χ0v) is 4.03. The molecular weight excluding hydrogens is 139 g/mol. The average molecular weight is 141 g/mol. The minimum Gasteiger partial charge on any atom is -0.363 e. The van der Waals surface area contributed by atoms with Gasteiger partial charge in [0, 0.05) is 0 Å². The van der Waals surface area contributed by atoms with Crippen molar-refractivity contribution in [3.05, 3.63) is 0 Å². The predicted molar refractivity (Wildman–Crippen MR) is 20.3 cm³/mol. The molecule has 0 unspecified atom stereocenters. The van der Waals surface area contributed by atoms with E-state index >= 15 is 0 Å². The number of nitrogens with two attached hydrogens (primary N) is 1. The number of hydrogen-bond acceptors (Lipinski definition) is 2. The van der Waals surface area contributed by atoms with Crippen molar-refractivity contribution in [2.24, 2.45) is 5.73 Å². The van der Waals surface area contributed by atoms with Crippen molar-refractivity contribution in [3.63, 3.8) is 0 Å². The first-order chi connectivity index (χ1) is 3.85. The molecule has 0 aromatic carbocycles. The first kappa shape index (κ1) is 7.93. The van der Waals surface area contributed by atoms with E-state index in [2.05, 4.69) is 5.73 Å². The molecule has 6 heteroatoms. The lowest BCUT2D eigenvalue weighted by Gasteiger charge is -1.98. The Morgan fingerprint density at radius 3 is 1.56 bits per heavy atom. The third kappa shape index (κ3) is 2.11. The second-order valence-electron chi connectivity index (χ2n) is 1.19. The number of halogens is 3. The molecule has 0 radical (unpaired) electrons. The Labute approximate surface area is 47.6 Å². The van der Waals surface area contributed by atoms with Gasteiger partial charge in [-0.2, -0.15) is 13.2 Å². The summed E-state index contributed by atoms with van der Waals surface area (Å²) in [5, 5.41) is 0. The maximum absolute atomic E-state index is 11.0. The number of Topliss-reactive ketones (excluding diaryl/α,β-unsaturated/α-hetero) is 1. The van der Waals surface area contributed by atoms with Crippen molar-refractivity contribution in [3.8, 4) is 0 Å². The van der Waals surface area contributed by atoms with E-state index in [-0.39, 0.29) is 0 Å². The Hall–Kier alpha value is -1.07. The van der Waals surface area contributed by atoms with Crippen LogP contribution in [0.15, 0.2) is 0 Å². The standard InChI is InChI=1S/C3H2F3NO2/c4-3(5,6)1(8)2(7)9/h(H2,7,9). The number of alkyl halides is 3. The normalized spacial score (nSPS) is 11.0. The number of carbonyl (C=O) groups excluding carboxylic acids is 2. The summed E-state index contributed by atoms with van der Waals surface area (Å²) in [6, 6.07) is 0. The summed E-state index contributed by atoms with van der Waals surface area (Å²) in [5.41, 5.74) is 4.01. The van der Waals surface area contributed by atoms with Crippen molar-refractivity contribution in [1.82, 2.24) is 0 Å². The minimum absolute atomic E-state index is 1.98. The molecule has 0 aliphatic heterocycles. The van der Waals surface area contributed by atoms with Crippen LogP contribution in [-0.4, -0.2) is 17.9 Å². The molecule has 3 nitrogen and oxygen atoms in total. The smallest absolute Gasteiger partial charge is 0.363 e. The lowest BCUT2D eigenvalue weighted by atomic mass is 10.4. The van der Waals surface area contributed by atoms with E-state index in [4.69, 9.17) is 0 Å². The Balaban J connectivity index is 4.23. The maximum atomic E-state index is 11.0. The molecule has 2 N–H and O–H groups in total.